The Morgan fingerprint density at radius 3 is 2.55 bits per heavy atom. The van der Waals surface area contributed by atoms with Crippen molar-refractivity contribution in [3.05, 3.63) is 23.8 Å². The van der Waals surface area contributed by atoms with Crippen molar-refractivity contribution in [2.75, 3.05) is 0 Å². The van der Waals surface area contributed by atoms with Crippen LogP contribution in [0, 0.1) is 0 Å². The summed E-state index contributed by atoms with van der Waals surface area (Å²) < 4.78 is 5.43. The van der Waals surface area contributed by atoms with E-state index in [9.17, 15) is 0 Å². The Kier molecular flexibility index (Phi) is 2.78. The van der Waals surface area contributed by atoms with Gasteiger partial charge in [0.05, 0.1) is 0 Å². The van der Waals surface area contributed by atoms with Gasteiger partial charge < -0.3 is 0 Å². The van der Waals surface area contributed by atoms with E-state index in [1.54, 1.807) is 12.1 Å². The van der Waals surface area contributed by atoms with Gasteiger partial charge in [-0.1, -0.05) is 0 Å². The molecule has 0 saturated heterocycles. The molecule has 4 N–H and O–H groups in total. The van der Waals surface area contributed by atoms with Crippen molar-refractivity contribution in [3.63, 3.8) is 0 Å². The van der Waals surface area contributed by atoms with Gasteiger partial charge in [0.15, 0.2) is 0 Å². The Morgan fingerprint density at radius 1 is 1.27 bits per heavy atom. The van der Waals surface area contributed by atoms with Crippen LogP contribution in [-0.2, 0) is 5.25 Å². The van der Waals surface area contributed by atoms with Crippen LogP contribution in [0.2, 0.25) is 0 Å². The zero-order valence-corrected chi connectivity index (χ0v) is 8.01. The molecule has 11 heavy (non-hydrogen) atoms. The monoisotopic (exact) mass is 213 g/mol. The summed E-state index contributed by atoms with van der Waals surface area (Å²) in [4.78, 5) is 0. The van der Waals surface area contributed by atoms with Crippen LogP contribution in [0.15, 0.2) is 18.2 Å². The van der Waals surface area contributed by atoms with Crippen LogP contribution in [0.25, 0.3) is 0 Å². The van der Waals surface area contributed by atoms with E-state index in [-0.39, 0.29) is 11.5 Å². The average Bonchev–Trinajstić information content (AvgIpc) is 1.98. The van der Waals surface area contributed by atoms with Gasteiger partial charge in [-0.2, -0.15) is 0 Å². The predicted octanol–water partition coefficient (Wildman–Crippen LogP) is 0.176. The maximum atomic E-state index is 9.05. The first-order valence-corrected chi connectivity index (χ1v) is 5.88. The average molecular weight is 212 g/mol. The molecule has 2 radical (unpaired) electrons. The van der Waals surface area contributed by atoms with E-state index in [2.05, 4.69) is 0 Å². The van der Waals surface area contributed by atoms with Crippen molar-refractivity contribution in [2.24, 2.45) is 4.69 Å². The summed E-state index contributed by atoms with van der Waals surface area (Å²) in [7, 11) is 0. The Labute approximate surface area is 71.5 Å². The fourth-order valence-corrected chi connectivity index (χ4v) is 1.75. The fourth-order valence-electron chi connectivity index (χ4n) is 0.797. The SMILES string of the molecule is [NH2][Ge][CH2]c1ccc(O)c(O)c1. The summed E-state index contributed by atoms with van der Waals surface area (Å²) in [6.45, 7) is 0. The Morgan fingerprint density at radius 2 is 2.00 bits per heavy atom. The minimum atomic E-state index is -0.400. The van der Waals surface area contributed by atoms with Crippen LogP contribution in [0.4, 0.5) is 0 Å². The first-order chi connectivity index (χ1) is 5.24. The van der Waals surface area contributed by atoms with Gasteiger partial charge in [-0.05, 0) is 0 Å². The predicted molar refractivity (Wildman–Crippen MR) is 43.4 cm³/mol. The minimum absolute atomic E-state index is 0.0671. The topological polar surface area (TPSA) is 66.5 Å². The molecule has 4 heteroatoms. The van der Waals surface area contributed by atoms with Crippen molar-refractivity contribution in [3.8, 4) is 11.5 Å². The molecule has 0 heterocycles. The number of aromatic hydroxyl groups is 2. The van der Waals surface area contributed by atoms with E-state index < -0.39 is 15.7 Å². The van der Waals surface area contributed by atoms with E-state index in [0.717, 1.165) is 10.8 Å². The molecule has 0 fully saturated rings. The van der Waals surface area contributed by atoms with Crippen LogP contribution in [-0.4, -0.2) is 25.9 Å². The molecule has 1 rings (SSSR count). The van der Waals surface area contributed by atoms with Gasteiger partial charge in [0.1, 0.15) is 0 Å². The van der Waals surface area contributed by atoms with Gasteiger partial charge in [-0.25, -0.2) is 0 Å². The molecule has 0 aliphatic rings. The molecule has 3 nitrogen and oxygen atoms in total. The van der Waals surface area contributed by atoms with E-state index in [4.69, 9.17) is 14.9 Å². The van der Waals surface area contributed by atoms with Crippen molar-refractivity contribution in [1.29, 1.82) is 0 Å². The normalized spacial score (nSPS) is 9.91. The first kappa shape index (κ1) is 8.42. The zero-order valence-electron chi connectivity index (χ0n) is 5.91. The quantitative estimate of drug-likeness (QED) is 0.483. The molecule has 0 aromatic heterocycles. The standard InChI is InChI=1S/C7H9GeNO2/c9-8-4-5-1-2-6(10)7(11)3-5/h1-3,10-11H,4,9H2. The third kappa shape index (κ3) is 2.13. The van der Waals surface area contributed by atoms with Crippen LogP contribution < -0.4 is 4.69 Å². The van der Waals surface area contributed by atoms with E-state index >= 15 is 0 Å². The number of phenols is 2. The summed E-state index contributed by atoms with van der Waals surface area (Å²) in [5.41, 5.74) is 0.989. The van der Waals surface area contributed by atoms with Crippen LogP contribution in [0.3, 0.4) is 0 Å². The molecule has 0 atom stereocenters. The number of rotatable bonds is 2. The van der Waals surface area contributed by atoms with Gasteiger partial charge in [0, 0.05) is 0 Å². The summed E-state index contributed by atoms with van der Waals surface area (Å²) in [5, 5.41) is 18.8. The number of nitrogens with two attached hydrogens (primary N) is 1. The zero-order chi connectivity index (χ0) is 8.27. The van der Waals surface area contributed by atoms with Crippen molar-refractivity contribution >= 4 is 15.7 Å². The second-order valence-corrected chi connectivity index (χ2v) is 3.80. The van der Waals surface area contributed by atoms with E-state index in [1.165, 1.54) is 6.07 Å². The summed E-state index contributed by atoms with van der Waals surface area (Å²) in [6.07, 6.45) is 0. The van der Waals surface area contributed by atoms with Crippen molar-refractivity contribution < 1.29 is 10.2 Å². The molecular formula is C7H9GeNO2. The molecule has 0 unspecified atom stereocenters. The second kappa shape index (κ2) is 3.64. The maximum absolute atomic E-state index is 9.05. The second-order valence-electron chi connectivity index (χ2n) is 2.20. The molecule has 1 aromatic rings. The van der Waals surface area contributed by atoms with Gasteiger partial charge in [0.25, 0.3) is 0 Å². The third-order valence-electron chi connectivity index (χ3n) is 1.35. The number of hydrogen-bond acceptors (Lipinski definition) is 3. The van der Waals surface area contributed by atoms with Gasteiger partial charge in [-0.3, -0.25) is 0 Å². The summed E-state index contributed by atoms with van der Waals surface area (Å²) in [5.74, 6) is -0.145. The third-order valence-corrected chi connectivity index (χ3v) is 2.63. The fraction of sp³-hybridized carbons (Fsp3) is 0.143. The number of hydrogen-bond donors (Lipinski definition) is 3. The van der Waals surface area contributed by atoms with E-state index in [0.29, 0.717) is 0 Å². The van der Waals surface area contributed by atoms with Gasteiger partial charge in [0.2, 0.25) is 0 Å². The van der Waals surface area contributed by atoms with Crippen molar-refractivity contribution in [1.82, 2.24) is 0 Å². The number of benzene rings is 1. The Hall–Kier alpha value is -0.677. The summed E-state index contributed by atoms with van der Waals surface area (Å²) in [6, 6.07) is 4.80. The molecule has 0 aliphatic heterocycles. The molecule has 58 valence electrons. The summed E-state index contributed by atoms with van der Waals surface area (Å²) >= 11 is -0.400. The Balaban J connectivity index is 2.86. The molecule has 0 spiro atoms. The molecule has 0 bridgehead atoms. The van der Waals surface area contributed by atoms with Crippen LogP contribution in [0.1, 0.15) is 5.56 Å². The molecule has 1 aromatic carbocycles. The Bertz CT molecular complexity index is 252. The van der Waals surface area contributed by atoms with Crippen molar-refractivity contribution in [2.45, 2.75) is 5.25 Å². The molecule has 0 aliphatic carbocycles. The van der Waals surface area contributed by atoms with Gasteiger partial charge in [-0.15, -0.1) is 0 Å². The first-order valence-electron chi connectivity index (χ1n) is 3.18. The number of phenolic OH excluding ortho intramolecular Hbond substituents is 2. The molecule has 0 saturated carbocycles. The van der Waals surface area contributed by atoms with Crippen LogP contribution in [0.5, 0.6) is 11.5 Å². The van der Waals surface area contributed by atoms with Gasteiger partial charge >= 0.3 is 71.1 Å². The van der Waals surface area contributed by atoms with Crippen LogP contribution >= 0.6 is 0 Å². The molecule has 0 amide bonds. The molecular weight excluding hydrogens is 203 g/mol. The van der Waals surface area contributed by atoms with E-state index in [1.807, 2.05) is 0 Å².